The van der Waals surface area contributed by atoms with Gasteiger partial charge in [-0.25, -0.2) is 8.42 Å². The second-order valence-corrected chi connectivity index (χ2v) is 10.5. The summed E-state index contributed by atoms with van der Waals surface area (Å²) in [6, 6.07) is 18.5. The summed E-state index contributed by atoms with van der Waals surface area (Å²) in [5, 5.41) is -1.03. The van der Waals surface area contributed by atoms with Crippen LogP contribution in [0.1, 0.15) is 25.8 Å². The molecule has 1 fully saturated rings. The number of sulfone groups is 1. The summed E-state index contributed by atoms with van der Waals surface area (Å²) in [4.78, 5) is 17.5. The van der Waals surface area contributed by atoms with Gasteiger partial charge in [-0.2, -0.15) is 0 Å². The molecule has 3 rings (SSSR count). The minimum absolute atomic E-state index is 0.108. The zero-order chi connectivity index (χ0) is 22.3. The SMILES string of the molecule is CC(C)CC(C(=O)N1CCN(C/C=C/c2ccccc2)CC1)S(=O)(=O)c1ccccc1. The van der Waals surface area contributed by atoms with Crippen LogP contribution >= 0.6 is 0 Å². The molecule has 0 spiro atoms. The van der Waals surface area contributed by atoms with Crippen molar-refractivity contribution < 1.29 is 13.2 Å². The highest BCUT2D eigenvalue weighted by molar-refractivity contribution is 7.92. The summed E-state index contributed by atoms with van der Waals surface area (Å²) >= 11 is 0. The van der Waals surface area contributed by atoms with Crippen molar-refractivity contribution >= 4 is 21.8 Å². The van der Waals surface area contributed by atoms with E-state index in [1.807, 2.05) is 32.0 Å². The summed E-state index contributed by atoms with van der Waals surface area (Å²) in [5.41, 5.74) is 1.17. The number of nitrogens with zero attached hydrogens (tertiary/aromatic N) is 2. The molecule has 2 aromatic rings. The Kier molecular flexibility index (Phi) is 8.04. The van der Waals surface area contributed by atoms with Gasteiger partial charge in [0.2, 0.25) is 5.91 Å². The molecular weight excluding hydrogens is 408 g/mol. The van der Waals surface area contributed by atoms with Crippen LogP contribution in [-0.2, 0) is 14.6 Å². The largest absolute Gasteiger partial charge is 0.339 e. The van der Waals surface area contributed by atoms with Gasteiger partial charge in [0.1, 0.15) is 5.25 Å². The summed E-state index contributed by atoms with van der Waals surface area (Å²) in [7, 11) is -3.72. The highest BCUT2D eigenvalue weighted by Crippen LogP contribution is 2.24. The smallest absolute Gasteiger partial charge is 0.241 e. The molecule has 1 saturated heterocycles. The fraction of sp³-hybridized carbons (Fsp3) is 0.400. The number of amides is 1. The van der Waals surface area contributed by atoms with E-state index in [1.54, 1.807) is 35.2 Å². The first-order valence-corrected chi connectivity index (χ1v) is 12.4. The monoisotopic (exact) mass is 440 g/mol. The fourth-order valence-corrected chi connectivity index (χ4v) is 5.74. The molecule has 1 unspecified atom stereocenters. The lowest BCUT2D eigenvalue weighted by Crippen LogP contribution is -2.52. The highest BCUT2D eigenvalue weighted by Gasteiger charge is 2.37. The first kappa shape index (κ1) is 23.2. The molecule has 0 N–H and O–H groups in total. The lowest BCUT2D eigenvalue weighted by atomic mass is 10.1. The van der Waals surface area contributed by atoms with Crippen molar-refractivity contribution in [3.8, 4) is 0 Å². The van der Waals surface area contributed by atoms with Crippen LogP contribution in [0.4, 0.5) is 0 Å². The first-order chi connectivity index (χ1) is 14.9. The molecule has 166 valence electrons. The van der Waals surface area contributed by atoms with Gasteiger partial charge >= 0.3 is 0 Å². The normalized spacial score (nSPS) is 16.7. The van der Waals surface area contributed by atoms with Crippen LogP contribution in [0.5, 0.6) is 0 Å². The Balaban J connectivity index is 1.62. The summed E-state index contributed by atoms with van der Waals surface area (Å²) in [5.74, 6) is -0.158. The van der Waals surface area contributed by atoms with Crippen LogP contribution in [0.15, 0.2) is 71.6 Å². The Morgan fingerprint density at radius 2 is 1.52 bits per heavy atom. The first-order valence-electron chi connectivity index (χ1n) is 10.9. The molecule has 2 aromatic carbocycles. The fourth-order valence-electron chi connectivity index (χ4n) is 3.82. The maximum atomic E-state index is 13.3. The predicted molar refractivity (Wildman–Crippen MR) is 125 cm³/mol. The molecule has 1 atom stereocenters. The van der Waals surface area contributed by atoms with Gasteiger partial charge in [-0.05, 0) is 30.0 Å². The van der Waals surface area contributed by atoms with Crippen molar-refractivity contribution in [1.82, 2.24) is 9.80 Å². The van der Waals surface area contributed by atoms with E-state index in [9.17, 15) is 13.2 Å². The van der Waals surface area contributed by atoms with Crippen LogP contribution in [0.25, 0.3) is 6.08 Å². The Labute approximate surface area is 186 Å². The second-order valence-electron chi connectivity index (χ2n) is 8.42. The van der Waals surface area contributed by atoms with E-state index in [-0.39, 0.29) is 16.7 Å². The van der Waals surface area contributed by atoms with E-state index >= 15 is 0 Å². The Bertz CT molecular complexity index is 964. The van der Waals surface area contributed by atoms with Crippen LogP contribution in [0.3, 0.4) is 0 Å². The lowest BCUT2D eigenvalue weighted by molar-refractivity contribution is -0.132. The average molecular weight is 441 g/mol. The molecular formula is C25H32N2O3S. The lowest BCUT2D eigenvalue weighted by Gasteiger charge is -2.36. The Morgan fingerprint density at radius 1 is 0.935 bits per heavy atom. The number of hydrogen-bond acceptors (Lipinski definition) is 4. The molecule has 0 aromatic heterocycles. The molecule has 1 heterocycles. The molecule has 31 heavy (non-hydrogen) atoms. The van der Waals surface area contributed by atoms with E-state index in [0.717, 1.165) is 19.6 Å². The van der Waals surface area contributed by atoms with Gasteiger partial charge < -0.3 is 4.90 Å². The van der Waals surface area contributed by atoms with Crippen LogP contribution in [0.2, 0.25) is 0 Å². The third kappa shape index (κ3) is 6.28. The van der Waals surface area contributed by atoms with Gasteiger partial charge in [0.15, 0.2) is 9.84 Å². The Hall–Kier alpha value is -2.44. The van der Waals surface area contributed by atoms with E-state index in [2.05, 4.69) is 29.2 Å². The molecule has 1 amide bonds. The predicted octanol–water partition coefficient (Wildman–Crippen LogP) is 3.73. The summed E-state index contributed by atoms with van der Waals surface area (Å²) in [6.45, 7) is 7.31. The number of carbonyl (C=O) groups excluding carboxylic acids is 1. The zero-order valence-electron chi connectivity index (χ0n) is 18.4. The second kappa shape index (κ2) is 10.7. The van der Waals surface area contributed by atoms with Crippen LogP contribution in [0, 0.1) is 5.92 Å². The molecule has 1 aliphatic heterocycles. The number of carbonyl (C=O) groups is 1. The van der Waals surface area contributed by atoms with Crippen molar-refractivity contribution in [3.05, 3.63) is 72.3 Å². The molecule has 0 bridgehead atoms. The number of piperazine rings is 1. The van der Waals surface area contributed by atoms with Crippen LogP contribution < -0.4 is 0 Å². The van der Waals surface area contributed by atoms with Crippen molar-refractivity contribution in [2.24, 2.45) is 5.92 Å². The summed E-state index contributed by atoms with van der Waals surface area (Å²) < 4.78 is 26.5. The molecule has 0 radical (unpaired) electrons. The van der Waals surface area contributed by atoms with E-state index < -0.39 is 15.1 Å². The maximum absolute atomic E-state index is 13.3. The quantitative estimate of drug-likeness (QED) is 0.628. The maximum Gasteiger partial charge on any atom is 0.241 e. The molecule has 5 nitrogen and oxygen atoms in total. The van der Waals surface area contributed by atoms with Crippen LogP contribution in [-0.4, -0.2) is 62.1 Å². The zero-order valence-corrected chi connectivity index (χ0v) is 19.2. The highest BCUT2D eigenvalue weighted by atomic mass is 32.2. The Morgan fingerprint density at radius 3 is 2.10 bits per heavy atom. The minimum atomic E-state index is -3.72. The number of benzene rings is 2. The standard InChI is InChI=1S/C25H32N2O3S/c1-21(2)20-24(31(29,30)23-13-7-4-8-14-23)25(28)27-18-16-26(17-19-27)15-9-12-22-10-5-3-6-11-22/h3-14,21,24H,15-20H2,1-2H3/b12-9+. The molecule has 1 aliphatic rings. The molecule has 0 aliphatic carbocycles. The average Bonchev–Trinajstić information content (AvgIpc) is 2.78. The van der Waals surface area contributed by atoms with E-state index in [1.165, 1.54) is 5.56 Å². The minimum Gasteiger partial charge on any atom is -0.339 e. The third-order valence-corrected chi connectivity index (χ3v) is 7.64. The van der Waals surface area contributed by atoms with Gasteiger partial charge in [0.05, 0.1) is 4.90 Å². The number of rotatable bonds is 8. The third-order valence-electron chi connectivity index (χ3n) is 5.56. The van der Waals surface area contributed by atoms with Crippen molar-refractivity contribution in [1.29, 1.82) is 0 Å². The van der Waals surface area contributed by atoms with Crippen molar-refractivity contribution in [2.75, 3.05) is 32.7 Å². The van der Waals surface area contributed by atoms with Gasteiger partial charge in [-0.3, -0.25) is 9.69 Å². The molecule has 0 saturated carbocycles. The van der Waals surface area contributed by atoms with Gasteiger partial charge in [-0.1, -0.05) is 74.5 Å². The van der Waals surface area contributed by atoms with E-state index in [0.29, 0.717) is 19.5 Å². The van der Waals surface area contributed by atoms with Gasteiger partial charge in [-0.15, -0.1) is 0 Å². The topological polar surface area (TPSA) is 57.7 Å². The van der Waals surface area contributed by atoms with Crippen molar-refractivity contribution in [2.45, 2.75) is 30.4 Å². The van der Waals surface area contributed by atoms with Crippen molar-refractivity contribution in [3.63, 3.8) is 0 Å². The van der Waals surface area contributed by atoms with E-state index in [4.69, 9.17) is 0 Å². The van der Waals surface area contributed by atoms with Gasteiger partial charge in [0, 0.05) is 32.7 Å². The number of hydrogen-bond donors (Lipinski definition) is 0. The summed E-state index contributed by atoms with van der Waals surface area (Å²) in [6.07, 6.45) is 4.56. The molecule has 6 heteroatoms. The van der Waals surface area contributed by atoms with Gasteiger partial charge in [0.25, 0.3) is 0 Å².